The third-order valence-electron chi connectivity index (χ3n) is 5.05. The molecular formula is C18H18F2N2O3. The lowest BCUT2D eigenvalue weighted by Crippen LogP contribution is -2.32. The standard InChI is InChI=1S/C18H18F2N2O3/c19-11-4-5-14(20)13(6-11)16-7-12(23)8-22(16)18(24)15-9-25-17(21-15)10-2-1-3-10/h4-6,9-10,12,16,23H,1-3,7-8H2/t12-,16-/m1/s1. The molecule has 1 amide bonds. The minimum absolute atomic E-state index is 0.0467. The van der Waals surface area contributed by atoms with Crippen molar-refractivity contribution in [2.24, 2.45) is 0 Å². The van der Waals surface area contributed by atoms with Crippen molar-refractivity contribution in [2.45, 2.75) is 43.7 Å². The molecule has 0 spiro atoms. The second-order valence-electron chi connectivity index (χ2n) is 6.73. The van der Waals surface area contributed by atoms with Crippen molar-refractivity contribution in [1.82, 2.24) is 9.88 Å². The molecule has 1 saturated carbocycles. The van der Waals surface area contributed by atoms with E-state index in [9.17, 15) is 18.7 Å². The molecule has 1 aliphatic carbocycles. The number of amides is 1. The smallest absolute Gasteiger partial charge is 0.276 e. The van der Waals surface area contributed by atoms with Crippen LogP contribution in [0.4, 0.5) is 8.78 Å². The summed E-state index contributed by atoms with van der Waals surface area (Å²) < 4.78 is 33.1. The molecule has 5 nitrogen and oxygen atoms in total. The number of nitrogens with zero attached hydrogens (tertiary/aromatic N) is 2. The van der Waals surface area contributed by atoms with Gasteiger partial charge in [-0.05, 0) is 37.5 Å². The molecule has 1 N–H and O–H groups in total. The Hall–Kier alpha value is -2.28. The zero-order chi connectivity index (χ0) is 17.6. The van der Waals surface area contributed by atoms with Crippen molar-refractivity contribution in [2.75, 3.05) is 6.54 Å². The van der Waals surface area contributed by atoms with Crippen LogP contribution in [-0.4, -0.2) is 33.5 Å². The van der Waals surface area contributed by atoms with Crippen LogP contribution in [0.1, 0.15) is 59.6 Å². The monoisotopic (exact) mass is 348 g/mol. The largest absolute Gasteiger partial charge is 0.448 e. The van der Waals surface area contributed by atoms with Crippen LogP contribution in [0.5, 0.6) is 0 Å². The molecule has 132 valence electrons. The summed E-state index contributed by atoms with van der Waals surface area (Å²) >= 11 is 0. The average molecular weight is 348 g/mol. The number of benzene rings is 1. The second kappa shape index (κ2) is 6.22. The molecule has 25 heavy (non-hydrogen) atoms. The van der Waals surface area contributed by atoms with E-state index in [2.05, 4.69) is 4.98 Å². The van der Waals surface area contributed by atoms with E-state index < -0.39 is 29.7 Å². The molecule has 0 radical (unpaired) electrons. The fourth-order valence-electron chi connectivity index (χ4n) is 3.48. The SMILES string of the molecule is O=C(c1coc(C2CCC2)n1)N1C[C@H](O)C[C@@H]1c1cc(F)ccc1F. The van der Waals surface area contributed by atoms with Crippen molar-refractivity contribution >= 4 is 5.91 Å². The van der Waals surface area contributed by atoms with Gasteiger partial charge in [-0.2, -0.15) is 0 Å². The van der Waals surface area contributed by atoms with Crippen LogP contribution in [0.3, 0.4) is 0 Å². The van der Waals surface area contributed by atoms with Crippen molar-refractivity contribution in [1.29, 1.82) is 0 Å². The Bertz CT molecular complexity index is 803. The highest BCUT2D eigenvalue weighted by Gasteiger charge is 2.38. The Balaban J connectivity index is 1.61. The maximum absolute atomic E-state index is 14.1. The lowest BCUT2D eigenvalue weighted by atomic mass is 9.85. The molecule has 1 aromatic heterocycles. The molecule has 2 aromatic rings. The number of likely N-dealkylation sites (tertiary alicyclic amines) is 1. The maximum Gasteiger partial charge on any atom is 0.276 e. The van der Waals surface area contributed by atoms with Crippen LogP contribution in [0.2, 0.25) is 0 Å². The first kappa shape index (κ1) is 16.2. The van der Waals surface area contributed by atoms with E-state index in [-0.39, 0.29) is 30.1 Å². The molecule has 2 atom stereocenters. The first-order valence-corrected chi connectivity index (χ1v) is 8.42. The third-order valence-corrected chi connectivity index (χ3v) is 5.05. The molecule has 1 saturated heterocycles. The Morgan fingerprint density at radius 2 is 2.12 bits per heavy atom. The van der Waals surface area contributed by atoms with Crippen LogP contribution in [0.25, 0.3) is 0 Å². The van der Waals surface area contributed by atoms with Gasteiger partial charge in [0, 0.05) is 18.0 Å². The summed E-state index contributed by atoms with van der Waals surface area (Å²) in [4.78, 5) is 18.4. The maximum atomic E-state index is 14.1. The molecule has 4 rings (SSSR count). The molecule has 0 bridgehead atoms. The zero-order valence-corrected chi connectivity index (χ0v) is 13.5. The van der Waals surface area contributed by atoms with Crippen molar-refractivity contribution in [3.05, 3.63) is 53.2 Å². The minimum atomic E-state index is -0.797. The van der Waals surface area contributed by atoms with Crippen LogP contribution in [0.15, 0.2) is 28.9 Å². The zero-order valence-electron chi connectivity index (χ0n) is 13.5. The van der Waals surface area contributed by atoms with Crippen LogP contribution in [-0.2, 0) is 0 Å². The van der Waals surface area contributed by atoms with Gasteiger partial charge in [0.15, 0.2) is 11.6 Å². The predicted octanol–water partition coefficient (Wildman–Crippen LogP) is 3.17. The minimum Gasteiger partial charge on any atom is -0.448 e. The first-order valence-electron chi connectivity index (χ1n) is 8.42. The summed E-state index contributed by atoms with van der Waals surface area (Å²) in [5.74, 6) is -0.836. The molecule has 2 fully saturated rings. The lowest BCUT2D eigenvalue weighted by molar-refractivity contribution is 0.0707. The van der Waals surface area contributed by atoms with Gasteiger partial charge in [0.25, 0.3) is 5.91 Å². The molecule has 7 heteroatoms. The van der Waals surface area contributed by atoms with E-state index in [0.717, 1.165) is 37.5 Å². The van der Waals surface area contributed by atoms with E-state index in [4.69, 9.17) is 4.42 Å². The number of oxazole rings is 1. The van der Waals surface area contributed by atoms with Gasteiger partial charge in [0.1, 0.15) is 17.9 Å². The highest BCUT2D eigenvalue weighted by atomic mass is 19.1. The highest BCUT2D eigenvalue weighted by Crippen LogP contribution is 2.37. The van der Waals surface area contributed by atoms with E-state index in [1.54, 1.807) is 0 Å². The van der Waals surface area contributed by atoms with Gasteiger partial charge in [-0.1, -0.05) is 6.42 Å². The molecule has 0 unspecified atom stereocenters. The van der Waals surface area contributed by atoms with E-state index in [0.29, 0.717) is 5.89 Å². The van der Waals surface area contributed by atoms with E-state index >= 15 is 0 Å². The number of carbonyl (C=O) groups is 1. The number of β-amino-alcohol motifs (C(OH)–C–C–N with tert-alkyl or cyclic N) is 1. The number of aromatic nitrogens is 1. The van der Waals surface area contributed by atoms with Crippen molar-refractivity contribution in [3.8, 4) is 0 Å². The number of hydrogen-bond donors (Lipinski definition) is 1. The first-order chi connectivity index (χ1) is 12.0. The van der Waals surface area contributed by atoms with E-state index in [1.165, 1.54) is 11.2 Å². The van der Waals surface area contributed by atoms with Crippen molar-refractivity contribution in [3.63, 3.8) is 0 Å². The Labute approximate surface area is 143 Å². The summed E-state index contributed by atoms with van der Waals surface area (Å²) in [5.41, 5.74) is 0.199. The summed E-state index contributed by atoms with van der Waals surface area (Å²) in [6.45, 7) is 0.0467. The van der Waals surface area contributed by atoms with Crippen LogP contribution >= 0.6 is 0 Å². The molecule has 1 aromatic carbocycles. The van der Waals surface area contributed by atoms with Crippen LogP contribution < -0.4 is 0 Å². The summed E-state index contributed by atoms with van der Waals surface area (Å²) in [6, 6.07) is 2.39. The Kier molecular flexibility index (Phi) is 4.03. The quantitative estimate of drug-likeness (QED) is 0.925. The Morgan fingerprint density at radius 1 is 1.32 bits per heavy atom. The number of halogens is 2. The predicted molar refractivity (Wildman–Crippen MR) is 83.9 cm³/mol. The highest BCUT2D eigenvalue weighted by molar-refractivity contribution is 5.92. The van der Waals surface area contributed by atoms with E-state index in [1.807, 2.05) is 0 Å². The van der Waals surface area contributed by atoms with Gasteiger partial charge in [-0.15, -0.1) is 0 Å². The third kappa shape index (κ3) is 2.93. The topological polar surface area (TPSA) is 66.6 Å². The second-order valence-corrected chi connectivity index (χ2v) is 6.73. The normalized spacial score (nSPS) is 23.7. The van der Waals surface area contributed by atoms with Gasteiger partial charge < -0.3 is 14.4 Å². The van der Waals surface area contributed by atoms with Gasteiger partial charge >= 0.3 is 0 Å². The fourth-order valence-corrected chi connectivity index (χ4v) is 3.48. The van der Waals surface area contributed by atoms with Crippen molar-refractivity contribution < 1.29 is 23.1 Å². The Morgan fingerprint density at radius 3 is 2.84 bits per heavy atom. The number of hydrogen-bond acceptors (Lipinski definition) is 4. The molecule has 1 aliphatic heterocycles. The number of aliphatic hydroxyl groups excluding tert-OH is 1. The van der Waals surface area contributed by atoms with Gasteiger partial charge in [-0.25, -0.2) is 13.8 Å². The summed E-state index contributed by atoms with van der Waals surface area (Å²) in [7, 11) is 0. The molecule has 2 heterocycles. The van der Waals surface area contributed by atoms with Crippen LogP contribution in [0, 0.1) is 11.6 Å². The summed E-state index contributed by atoms with van der Waals surface area (Å²) in [6.07, 6.45) is 3.77. The number of rotatable bonds is 3. The molecule has 2 aliphatic rings. The molecular weight excluding hydrogens is 330 g/mol. The fraction of sp³-hybridized carbons (Fsp3) is 0.444. The number of carbonyl (C=O) groups excluding carboxylic acids is 1. The summed E-state index contributed by atoms with van der Waals surface area (Å²) in [5, 5.41) is 9.97. The van der Waals surface area contributed by atoms with Gasteiger partial charge in [0.05, 0.1) is 12.1 Å². The number of aliphatic hydroxyl groups is 1. The lowest BCUT2D eigenvalue weighted by Gasteiger charge is -2.24. The van der Waals surface area contributed by atoms with Gasteiger partial charge in [-0.3, -0.25) is 4.79 Å². The average Bonchev–Trinajstić information content (AvgIpc) is 3.14. The van der Waals surface area contributed by atoms with Gasteiger partial charge in [0.2, 0.25) is 0 Å².